The molecule has 1 aromatic heterocycles. The van der Waals surface area contributed by atoms with E-state index in [1.807, 2.05) is 0 Å². The molecule has 78 valence electrons. The van der Waals surface area contributed by atoms with Gasteiger partial charge in [-0.05, 0) is 6.42 Å². The summed E-state index contributed by atoms with van der Waals surface area (Å²) in [5.41, 5.74) is 5.65. The van der Waals surface area contributed by atoms with Gasteiger partial charge in [0, 0.05) is 6.07 Å². The van der Waals surface area contributed by atoms with Crippen LogP contribution in [-0.2, 0) is 4.74 Å². The van der Waals surface area contributed by atoms with Gasteiger partial charge in [0.1, 0.15) is 11.5 Å². The fourth-order valence-electron chi connectivity index (χ4n) is 1.04. The van der Waals surface area contributed by atoms with Crippen molar-refractivity contribution in [2.75, 3.05) is 12.3 Å². The highest BCUT2D eigenvalue weighted by atomic mass is 16.5. The van der Waals surface area contributed by atoms with Crippen LogP contribution in [0.4, 0.5) is 5.82 Å². The molecule has 0 unspecified atom stereocenters. The summed E-state index contributed by atoms with van der Waals surface area (Å²) in [6.07, 6.45) is 3.07. The summed E-state index contributed by atoms with van der Waals surface area (Å²) in [7, 11) is 0. The Balaban J connectivity index is 2.29. The topological polar surface area (TPSA) is 81.0 Å². The predicted octanol–water partition coefficient (Wildman–Crippen LogP) is 1.34. The summed E-state index contributed by atoms with van der Waals surface area (Å²) in [6.45, 7) is 2.54. The van der Waals surface area contributed by atoms with Crippen LogP contribution in [0.25, 0.3) is 0 Å². The van der Waals surface area contributed by atoms with Crippen LogP contribution in [0.5, 0.6) is 0 Å². The smallest absolute Gasteiger partial charge is 0.356 e. The number of carbonyl (C=O) groups is 1. The van der Waals surface area contributed by atoms with Crippen molar-refractivity contribution in [1.82, 2.24) is 10.2 Å². The van der Waals surface area contributed by atoms with Crippen LogP contribution in [0.15, 0.2) is 6.07 Å². The number of unbranched alkanes of at least 4 members (excludes halogenated alkanes) is 2. The number of rotatable bonds is 5. The van der Waals surface area contributed by atoms with Gasteiger partial charge in [-0.25, -0.2) is 4.79 Å². The number of aromatic amines is 1. The maximum absolute atomic E-state index is 11.3. The molecule has 3 N–H and O–H groups in total. The quantitative estimate of drug-likeness (QED) is 0.551. The first-order chi connectivity index (χ1) is 6.74. The van der Waals surface area contributed by atoms with E-state index in [9.17, 15) is 4.79 Å². The van der Waals surface area contributed by atoms with Crippen LogP contribution >= 0.6 is 0 Å². The minimum atomic E-state index is -0.398. The third-order valence-corrected chi connectivity index (χ3v) is 1.80. The number of nitrogens with two attached hydrogens (primary N) is 1. The molecule has 0 aliphatic heterocycles. The van der Waals surface area contributed by atoms with Crippen LogP contribution < -0.4 is 5.73 Å². The van der Waals surface area contributed by atoms with Gasteiger partial charge in [0.25, 0.3) is 0 Å². The lowest BCUT2D eigenvalue weighted by Crippen LogP contribution is -2.06. The summed E-state index contributed by atoms with van der Waals surface area (Å²) in [5.74, 6) is -0.101. The predicted molar refractivity (Wildman–Crippen MR) is 52.8 cm³/mol. The molecule has 0 aliphatic carbocycles. The van der Waals surface area contributed by atoms with Gasteiger partial charge in [-0.1, -0.05) is 19.8 Å². The van der Waals surface area contributed by atoms with E-state index in [2.05, 4.69) is 17.1 Å². The number of ether oxygens (including phenoxy) is 1. The molecule has 0 aliphatic rings. The summed E-state index contributed by atoms with van der Waals surface area (Å²) in [4.78, 5) is 11.3. The van der Waals surface area contributed by atoms with Crippen LogP contribution in [0.1, 0.15) is 36.7 Å². The number of aromatic nitrogens is 2. The minimum absolute atomic E-state index is 0.297. The SMILES string of the molecule is CCCCCOC(=O)c1cc(N)n[nH]1. The second kappa shape index (κ2) is 5.26. The number of carbonyl (C=O) groups excluding carboxylic acids is 1. The van der Waals surface area contributed by atoms with Gasteiger partial charge in [-0.15, -0.1) is 0 Å². The molecule has 0 bridgehead atoms. The molecule has 0 amide bonds. The molecule has 1 heterocycles. The van der Waals surface area contributed by atoms with E-state index in [0.29, 0.717) is 18.1 Å². The molecule has 1 aromatic rings. The molecule has 0 fully saturated rings. The number of nitrogen functional groups attached to an aromatic ring is 1. The minimum Gasteiger partial charge on any atom is -0.461 e. The highest BCUT2D eigenvalue weighted by Crippen LogP contribution is 2.03. The molecule has 0 saturated heterocycles. The van der Waals surface area contributed by atoms with Crippen LogP contribution in [0.3, 0.4) is 0 Å². The lowest BCUT2D eigenvalue weighted by atomic mass is 10.3. The molecule has 0 radical (unpaired) electrons. The average molecular weight is 197 g/mol. The van der Waals surface area contributed by atoms with Crippen molar-refractivity contribution in [3.63, 3.8) is 0 Å². The number of H-pyrrole nitrogens is 1. The Morgan fingerprint density at radius 1 is 1.64 bits per heavy atom. The van der Waals surface area contributed by atoms with Gasteiger partial charge in [0.15, 0.2) is 0 Å². The molecule has 0 saturated carbocycles. The van der Waals surface area contributed by atoms with Gasteiger partial charge >= 0.3 is 5.97 Å². The molecular formula is C9H15N3O2. The van der Waals surface area contributed by atoms with Crippen molar-refractivity contribution < 1.29 is 9.53 Å². The summed E-state index contributed by atoms with van der Waals surface area (Å²) < 4.78 is 4.98. The Bertz CT molecular complexity index is 296. The van der Waals surface area contributed by atoms with Crippen LogP contribution in [-0.4, -0.2) is 22.8 Å². The normalized spacial score (nSPS) is 10.1. The van der Waals surface area contributed by atoms with Gasteiger partial charge in [-0.3, -0.25) is 5.10 Å². The number of nitrogens with zero attached hydrogens (tertiary/aromatic N) is 1. The number of hydrogen-bond acceptors (Lipinski definition) is 4. The zero-order chi connectivity index (χ0) is 10.4. The third-order valence-electron chi connectivity index (χ3n) is 1.80. The van der Waals surface area contributed by atoms with Gasteiger partial charge < -0.3 is 10.5 Å². The van der Waals surface area contributed by atoms with E-state index in [0.717, 1.165) is 19.3 Å². The summed E-state index contributed by atoms with van der Waals surface area (Å²) in [6, 6.07) is 1.46. The van der Waals surface area contributed by atoms with Crippen molar-refractivity contribution in [3.8, 4) is 0 Å². The van der Waals surface area contributed by atoms with E-state index < -0.39 is 5.97 Å². The van der Waals surface area contributed by atoms with Crippen LogP contribution in [0, 0.1) is 0 Å². The molecule has 14 heavy (non-hydrogen) atoms. The van der Waals surface area contributed by atoms with E-state index >= 15 is 0 Å². The fourth-order valence-corrected chi connectivity index (χ4v) is 1.04. The Kier molecular flexibility index (Phi) is 3.97. The Morgan fingerprint density at radius 3 is 3.00 bits per heavy atom. The zero-order valence-corrected chi connectivity index (χ0v) is 8.25. The lowest BCUT2D eigenvalue weighted by molar-refractivity contribution is 0.0491. The van der Waals surface area contributed by atoms with E-state index in [-0.39, 0.29) is 0 Å². The van der Waals surface area contributed by atoms with E-state index in [1.165, 1.54) is 6.07 Å². The van der Waals surface area contributed by atoms with E-state index in [4.69, 9.17) is 10.5 Å². The largest absolute Gasteiger partial charge is 0.461 e. The second-order valence-electron chi connectivity index (χ2n) is 3.05. The second-order valence-corrected chi connectivity index (χ2v) is 3.05. The first kappa shape index (κ1) is 10.6. The van der Waals surface area contributed by atoms with Crippen molar-refractivity contribution in [2.24, 2.45) is 0 Å². The van der Waals surface area contributed by atoms with E-state index in [1.54, 1.807) is 0 Å². The Hall–Kier alpha value is -1.52. The van der Waals surface area contributed by atoms with Crippen molar-refractivity contribution in [2.45, 2.75) is 26.2 Å². The Labute approximate surface area is 82.6 Å². The lowest BCUT2D eigenvalue weighted by Gasteiger charge is -2.01. The number of nitrogens with one attached hydrogen (secondary N) is 1. The molecular weight excluding hydrogens is 182 g/mol. The van der Waals surface area contributed by atoms with Gasteiger partial charge in [-0.2, -0.15) is 5.10 Å². The summed E-state index contributed by atoms with van der Waals surface area (Å²) >= 11 is 0. The molecule has 5 nitrogen and oxygen atoms in total. The molecule has 0 spiro atoms. The van der Waals surface area contributed by atoms with Crippen LogP contribution in [0.2, 0.25) is 0 Å². The first-order valence-corrected chi connectivity index (χ1v) is 4.72. The number of esters is 1. The standard InChI is InChI=1S/C9H15N3O2/c1-2-3-4-5-14-9(13)7-6-8(10)12-11-7/h6H,2-5H2,1H3,(H3,10,11,12). The first-order valence-electron chi connectivity index (χ1n) is 4.72. The van der Waals surface area contributed by atoms with Crippen molar-refractivity contribution in [3.05, 3.63) is 11.8 Å². The molecule has 5 heteroatoms. The highest BCUT2D eigenvalue weighted by Gasteiger charge is 2.09. The fraction of sp³-hybridized carbons (Fsp3) is 0.556. The Morgan fingerprint density at radius 2 is 2.43 bits per heavy atom. The molecule has 0 aromatic carbocycles. The van der Waals surface area contributed by atoms with Crippen molar-refractivity contribution in [1.29, 1.82) is 0 Å². The average Bonchev–Trinajstić information content (AvgIpc) is 2.59. The number of anilines is 1. The molecule has 0 atom stereocenters. The zero-order valence-electron chi connectivity index (χ0n) is 8.25. The van der Waals surface area contributed by atoms with Gasteiger partial charge in [0.05, 0.1) is 6.61 Å². The monoisotopic (exact) mass is 197 g/mol. The number of hydrogen-bond donors (Lipinski definition) is 2. The molecule has 1 rings (SSSR count). The summed E-state index contributed by atoms with van der Waals surface area (Å²) in [5, 5.41) is 6.13. The van der Waals surface area contributed by atoms with Gasteiger partial charge in [0.2, 0.25) is 0 Å². The third kappa shape index (κ3) is 3.08. The highest BCUT2D eigenvalue weighted by molar-refractivity contribution is 5.87. The maximum atomic E-state index is 11.3. The maximum Gasteiger partial charge on any atom is 0.356 e. The van der Waals surface area contributed by atoms with Crippen molar-refractivity contribution >= 4 is 11.8 Å².